The van der Waals surface area contributed by atoms with E-state index in [2.05, 4.69) is 5.32 Å². The third kappa shape index (κ3) is 3.63. The molecule has 1 unspecified atom stereocenters. The molecule has 0 aliphatic rings. The first-order valence-electron chi connectivity index (χ1n) is 4.97. The minimum Gasteiger partial charge on any atom is -0.393 e. The van der Waals surface area contributed by atoms with Gasteiger partial charge in [-0.05, 0) is 13.3 Å². The summed E-state index contributed by atoms with van der Waals surface area (Å²) >= 11 is 0. The molecule has 0 saturated heterocycles. The number of aliphatic hydroxyl groups is 1. The van der Waals surface area contributed by atoms with Crippen LogP contribution in [0.4, 0.5) is 20.2 Å². The van der Waals surface area contributed by atoms with E-state index in [1.165, 1.54) is 0 Å². The first kappa shape index (κ1) is 13.3. The lowest BCUT2D eigenvalue weighted by Crippen LogP contribution is -2.12. The fraction of sp³-hybridized carbons (Fsp3) is 0.400. The zero-order chi connectivity index (χ0) is 13.0. The van der Waals surface area contributed by atoms with Gasteiger partial charge in [0.05, 0.1) is 23.2 Å². The summed E-state index contributed by atoms with van der Waals surface area (Å²) in [5.41, 5.74) is -1.06. The second-order valence-electron chi connectivity index (χ2n) is 3.61. The van der Waals surface area contributed by atoms with Gasteiger partial charge in [0.15, 0.2) is 11.6 Å². The normalized spacial score (nSPS) is 12.2. The Balaban J connectivity index is 2.83. The van der Waals surface area contributed by atoms with Crippen molar-refractivity contribution in [1.29, 1.82) is 0 Å². The van der Waals surface area contributed by atoms with Gasteiger partial charge in [-0.3, -0.25) is 10.1 Å². The molecule has 7 heteroatoms. The van der Waals surface area contributed by atoms with E-state index in [-0.39, 0.29) is 6.54 Å². The SMILES string of the molecule is CC(O)CCNc1c(F)cc([N+](=O)[O-])cc1F. The number of hydrogen-bond donors (Lipinski definition) is 2. The molecular weight excluding hydrogens is 234 g/mol. The molecule has 1 atom stereocenters. The predicted octanol–water partition coefficient (Wildman–Crippen LogP) is 2.06. The van der Waals surface area contributed by atoms with E-state index < -0.39 is 34.0 Å². The van der Waals surface area contributed by atoms with Gasteiger partial charge in [-0.1, -0.05) is 0 Å². The highest BCUT2D eigenvalue weighted by Crippen LogP contribution is 2.24. The van der Waals surface area contributed by atoms with E-state index >= 15 is 0 Å². The van der Waals surface area contributed by atoms with Crippen LogP contribution in [0.5, 0.6) is 0 Å². The standard InChI is InChI=1S/C10H12F2N2O3/c1-6(15)2-3-13-10-8(11)4-7(14(16)17)5-9(10)12/h4-6,13,15H,2-3H2,1H3. The van der Waals surface area contributed by atoms with E-state index in [0.29, 0.717) is 18.6 Å². The average molecular weight is 246 g/mol. The Morgan fingerprint density at radius 2 is 2.00 bits per heavy atom. The van der Waals surface area contributed by atoms with Gasteiger partial charge in [0.2, 0.25) is 0 Å². The van der Waals surface area contributed by atoms with Gasteiger partial charge in [0.25, 0.3) is 5.69 Å². The molecule has 1 aromatic rings. The maximum absolute atomic E-state index is 13.3. The van der Waals surface area contributed by atoms with Gasteiger partial charge in [-0.2, -0.15) is 0 Å². The number of hydrogen-bond acceptors (Lipinski definition) is 4. The monoisotopic (exact) mass is 246 g/mol. The van der Waals surface area contributed by atoms with Crippen molar-refractivity contribution >= 4 is 11.4 Å². The predicted molar refractivity (Wildman–Crippen MR) is 57.8 cm³/mol. The number of nitro groups is 1. The van der Waals surface area contributed by atoms with Crippen molar-refractivity contribution in [3.05, 3.63) is 33.9 Å². The fourth-order valence-electron chi connectivity index (χ4n) is 1.24. The molecule has 0 saturated carbocycles. The van der Waals surface area contributed by atoms with Gasteiger partial charge in [0, 0.05) is 6.54 Å². The molecule has 94 valence electrons. The molecule has 0 fully saturated rings. The number of rotatable bonds is 5. The van der Waals surface area contributed by atoms with Crippen molar-refractivity contribution in [2.45, 2.75) is 19.4 Å². The van der Waals surface area contributed by atoms with Gasteiger partial charge < -0.3 is 10.4 Å². The Morgan fingerprint density at radius 1 is 1.47 bits per heavy atom. The van der Waals surface area contributed by atoms with Crippen molar-refractivity contribution in [2.75, 3.05) is 11.9 Å². The summed E-state index contributed by atoms with van der Waals surface area (Å²) in [6, 6.07) is 1.29. The van der Waals surface area contributed by atoms with E-state index in [1.807, 2.05) is 0 Å². The minimum absolute atomic E-state index is 0.170. The molecule has 0 radical (unpaired) electrons. The molecule has 0 aliphatic heterocycles. The topological polar surface area (TPSA) is 75.4 Å². The minimum atomic E-state index is -1.03. The average Bonchev–Trinajstić information content (AvgIpc) is 2.21. The number of aliphatic hydroxyl groups excluding tert-OH is 1. The van der Waals surface area contributed by atoms with Gasteiger partial charge in [0.1, 0.15) is 5.69 Å². The van der Waals surface area contributed by atoms with Crippen LogP contribution in [-0.4, -0.2) is 22.7 Å². The van der Waals surface area contributed by atoms with Crippen LogP contribution in [0.1, 0.15) is 13.3 Å². The summed E-state index contributed by atoms with van der Waals surface area (Å²) in [7, 11) is 0. The van der Waals surface area contributed by atoms with Crippen LogP contribution in [-0.2, 0) is 0 Å². The van der Waals surface area contributed by atoms with E-state index in [4.69, 9.17) is 5.11 Å². The molecular formula is C10H12F2N2O3. The summed E-state index contributed by atoms with van der Waals surface area (Å²) in [5.74, 6) is -2.05. The summed E-state index contributed by atoms with van der Waals surface area (Å²) in [6.07, 6.45) is -0.276. The summed E-state index contributed by atoms with van der Waals surface area (Å²) < 4.78 is 26.7. The highest BCUT2D eigenvalue weighted by molar-refractivity contribution is 5.51. The lowest BCUT2D eigenvalue weighted by Gasteiger charge is -2.09. The van der Waals surface area contributed by atoms with E-state index in [0.717, 1.165) is 0 Å². The Bertz CT molecular complexity index is 401. The van der Waals surface area contributed by atoms with Crippen molar-refractivity contribution in [1.82, 2.24) is 0 Å². The zero-order valence-electron chi connectivity index (χ0n) is 9.11. The Hall–Kier alpha value is -1.76. The van der Waals surface area contributed by atoms with Crippen LogP contribution in [0.25, 0.3) is 0 Å². The van der Waals surface area contributed by atoms with Crippen LogP contribution in [0.3, 0.4) is 0 Å². The zero-order valence-corrected chi connectivity index (χ0v) is 9.11. The molecule has 1 rings (SSSR count). The highest BCUT2D eigenvalue weighted by atomic mass is 19.1. The smallest absolute Gasteiger partial charge is 0.275 e. The number of benzene rings is 1. The molecule has 17 heavy (non-hydrogen) atoms. The van der Waals surface area contributed by atoms with Gasteiger partial charge >= 0.3 is 0 Å². The Kier molecular flexibility index (Phi) is 4.33. The number of nitrogens with one attached hydrogen (secondary N) is 1. The maximum atomic E-state index is 13.3. The molecule has 0 spiro atoms. The van der Waals surface area contributed by atoms with E-state index in [9.17, 15) is 18.9 Å². The van der Waals surface area contributed by atoms with Crippen LogP contribution in [0, 0.1) is 21.7 Å². The molecule has 0 aliphatic carbocycles. The highest BCUT2D eigenvalue weighted by Gasteiger charge is 2.16. The molecule has 0 heterocycles. The molecule has 1 aromatic carbocycles. The number of halogens is 2. The van der Waals surface area contributed by atoms with Crippen LogP contribution < -0.4 is 5.32 Å². The third-order valence-corrected chi connectivity index (χ3v) is 2.10. The Morgan fingerprint density at radius 3 is 2.41 bits per heavy atom. The van der Waals surface area contributed by atoms with Gasteiger partial charge in [-0.15, -0.1) is 0 Å². The quantitative estimate of drug-likeness (QED) is 0.616. The second-order valence-corrected chi connectivity index (χ2v) is 3.61. The van der Waals surface area contributed by atoms with E-state index in [1.54, 1.807) is 6.92 Å². The lowest BCUT2D eigenvalue weighted by molar-refractivity contribution is -0.385. The lowest BCUT2D eigenvalue weighted by atomic mass is 10.2. The second kappa shape index (κ2) is 5.53. The third-order valence-electron chi connectivity index (χ3n) is 2.10. The van der Waals surface area contributed by atoms with Crippen LogP contribution in [0.15, 0.2) is 12.1 Å². The van der Waals surface area contributed by atoms with Crippen molar-refractivity contribution in [3.63, 3.8) is 0 Å². The molecule has 0 aromatic heterocycles. The molecule has 2 N–H and O–H groups in total. The van der Waals surface area contributed by atoms with Crippen LogP contribution >= 0.6 is 0 Å². The van der Waals surface area contributed by atoms with Crippen LogP contribution in [0.2, 0.25) is 0 Å². The van der Waals surface area contributed by atoms with Crippen molar-refractivity contribution in [3.8, 4) is 0 Å². The number of anilines is 1. The summed E-state index contributed by atoms with van der Waals surface area (Å²) in [6.45, 7) is 1.72. The summed E-state index contributed by atoms with van der Waals surface area (Å²) in [4.78, 5) is 9.47. The fourth-order valence-corrected chi connectivity index (χ4v) is 1.24. The summed E-state index contributed by atoms with van der Waals surface area (Å²) in [5, 5.41) is 21.8. The maximum Gasteiger partial charge on any atom is 0.275 e. The largest absolute Gasteiger partial charge is 0.393 e. The first-order chi connectivity index (χ1) is 7.91. The number of nitrogens with zero attached hydrogens (tertiary/aromatic N) is 1. The molecule has 5 nitrogen and oxygen atoms in total. The van der Waals surface area contributed by atoms with Crippen molar-refractivity contribution in [2.24, 2.45) is 0 Å². The van der Waals surface area contributed by atoms with Gasteiger partial charge in [-0.25, -0.2) is 8.78 Å². The Labute approximate surface area is 96.2 Å². The number of non-ortho nitro benzene ring substituents is 1. The van der Waals surface area contributed by atoms with Crippen molar-refractivity contribution < 1.29 is 18.8 Å². The molecule has 0 amide bonds. The number of nitro benzene ring substituents is 1. The molecule has 0 bridgehead atoms. The first-order valence-corrected chi connectivity index (χ1v) is 4.97.